The van der Waals surface area contributed by atoms with E-state index in [-0.39, 0.29) is 10.5 Å². The van der Waals surface area contributed by atoms with Gasteiger partial charge in [-0.15, -0.1) is 0 Å². The molecule has 0 aliphatic rings. The lowest BCUT2D eigenvalue weighted by atomic mass is 10.2. The van der Waals surface area contributed by atoms with Crippen LogP contribution in [0.2, 0.25) is 0 Å². The molecule has 0 aliphatic heterocycles. The normalized spacial score (nSPS) is 12.2. The first-order chi connectivity index (χ1) is 8.70. The zero-order valence-electron chi connectivity index (χ0n) is 10.3. The van der Waals surface area contributed by atoms with Crippen LogP contribution in [0.25, 0.3) is 0 Å². The average Bonchev–Trinajstić information content (AvgIpc) is 2.28. The van der Waals surface area contributed by atoms with Gasteiger partial charge in [-0.2, -0.15) is 8.42 Å². The van der Waals surface area contributed by atoms with Gasteiger partial charge >= 0.3 is 0 Å². The number of hydrogen-bond acceptors (Lipinski definition) is 5. The first-order valence-electron chi connectivity index (χ1n) is 5.03. The van der Waals surface area contributed by atoms with Crippen molar-refractivity contribution in [3.63, 3.8) is 0 Å². The van der Waals surface area contributed by atoms with Crippen LogP contribution in [-0.4, -0.2) is 41.3 Å². The maximum atomic E-state index is 11.8. The molecule has 1 rings (SSSR count). The summed E-state index contributed by atoms with van der Waals surface area (Å²) in [6.07, 6.45) is 0.946. The molecule has 19 heavy (non-hydrogen) atoms. The van der Waals surface area contributed by atoms with E-state index >= 15 is 0 Å². The van der Waals surface area contributed by atoms with Gasteiger partial charge in [0.1, 0.15) is 0 Å². The van der Waals surface area contributed by atoms with E-state index in [0.717, 1.165) is 10.4 Å². The van der Waals surface area contributed by atoms with Crippen LogP contribution < -0.4 is 0 Å². The lowest BCUT2D eigenvalue weighted by Crippen LogP contribution is -2.24. The van der Waals surface area contributed by atoms with Crippen molar-refractivity contribution in [2.75, 3.05) is 14.1 Å². The predicted octanol–water partition coefficient (Wildman–Crippen LogP) is 0.103. The SMILES string of the molecule is CN(C)S(=O)(=O)Cc1ccccc1S(=O)(=O)N=C=O. The lowest BCUT2D eigenvalue weighted by molar-refractivity contribution is 0.519. The third kappa shape index (κ3) is 3.71. The van der Waals surface area contributed by atoms with Crippen LogP contribution >= 0.6 is 0 Å². The van der Waals surface area contributed by atoms with Gasteiger partial charge < -0.3 is 0 Å². The summed E-state index contributed by atoms with van der Waals surface area (Å²) in [5.74, 6) is -0.496. The van der Waals surface area contributed by atoms with E-state index in [9.17, 15) is 21.6 Å². The van der Waals surface area contributed by atoms with Crippen molar-refractivity contribution in [1.29, 1.82) is 0 Å². The Morgan fingerprint density at radius 1 is 1.16 bits per heavy atom. The first-order valence-corrected chi connectivity index (χ1v) is 8.08. The summed E-state index contributed by atoms with van der Waals surface area (Å²) >= 11 is 0. The lowest BCUT2D eigenvalue weighted by Gasteiger charge is -2.12. The molecule has 1 aromatic rings. The van der Waals surface area contributed by atoms with Gasteiger partial charge in [-0.3, -0.25) is 0 Å². The second-order valence-corrected chi connectivity index (χ2v) is 7.56. The van der Waals surface area contributed by atoms with Crippen LogP contribution in [0.15, 0.2) is 33.6 Å². The minimum atomic E-state index is -4.22. The standard InChI is InChI=1S/C10H12N2O5S2/c1-12(2)18(14,15)7-9-5-3-4-6-10(9)19(16,17)11-8-13/h3-6H,7H2,1-2H3. The molecule has 0 amide bonds. The van der Waals surface area contributed by atoms with Gasteiger partial charge in [0.05, 0.1) is 10.6 Å². The van der Waals surface area contributed by atoms with Gasteiger partial charge in [-0.25, -0.2) is 17.5 Å². The highest BCUT2D eigenvalue weighted by Crippen LogP contribution is 2.20. The van der Waals surface area contributed by atoms with E-state index in [4.69, 9.17) is 0 Å². The number of rotatable bonds is 5. The molecule has 104 valence electrons. The minimum absolute atomic E-state index is 0.0511. The number of hydrogen-bond donors (Lipinski definition) is 0. The average molecular weight is 304 g/mol. The fourth-order valence-corrected chi connectivity index (χ4v) is 3.21. The fraction of sp³-hybridized carbons (Fsp3) is 0.300. The molecule has 0 saturated carbocycles. The van der Waals surface area contributed by atoms with Crippen molar-refractivity contribution in [1.82, 2.24) is 4.31 Å². The summed E-state index contributed by atoms with van der Waals surface area (Å²) in [5, 5.41) is 0. The molecule has 7 nitrogen and oxygen atoms in total. The molecule has 0 saturated heterocycles. The molecule has 0 radical (unpaired) electrons. The van der Waals surface area contributed by atoms with Gasteiger partial charge in [0.15, 0.2) is 0 Å². The van der Waals surface area contributed by atoms with Gasteiger partial charge in [-0.05, 0) is 11.6 Å². The molecule has 0 atom stereocenters. The molecule has 0 aromatic heterocycles. The number of benzene rings is 1. The van der Waals surface area contributed by atoms with Crippen molar-refractivity contribution in [2.45, 2.75) is 10.6 Å². The van der Waals surface area contributed by atoms with Crippen molar-refractivity contribution in [2.24, 2.45) is 4.40 Å². The Balaban J connectivity index is 3.37. The highest BCUT2D eigenvalue weighted by atomic mass is 32.2. The number of isocyanates is 1. The summed E-state index contributed by atoms with van der Waals surface area (Å²) in [6, 6.07) is 5.47. The summed E-state index contributed by atoms with van der Waals surface area (Å²) in [6.45, 7) is 0. The summed E-state index contributed by atoms with van der Waals surface area (Å²) in [7, 11) is -5.15. The smallest absolute Gasteiger partial charge is 0.212 e. The maximum Gasteiger partial charge on any atom is 0.292 e. The quantitative estimate of drug-likeness (QED) is 0.567. The Kier molecular flexibility index (Phi) is 4.59. The molecule has 0 unspecified atom stereocenters. The van der Waals surface area contributed by atoms with Crippen molar-refractivity contribution >= 4 is 26.1 Å². The molecule has 0 heterocycles. The van der Waals surface area contributed by atoms with E-state index < -0.39 is 25.8 Å². The highest BCUT2D eigenvalue weighted by Gasteiger charge is 2.22. The predicted molar refractivity (Wildman–Crippen MR) is 68.1 cm³/mol. The van der Waals surface area contributed by atoms with E-state index in [1.165, 1.54) is 38.4 Å². The Morgan fingerprint density at radius 2 is 1.74 bits per heavy atom. The third-order valence-electron chi connectivity index (χ3n) is 2.30. The molecule has 0 fully saturated rings. The van der Waals surface area contributed by atoms with E-state index in [2.05, 4.69) is 4.40 Å². The highest BCUT2D eigenvalue weighted by molar-refractivity contribution is 7.90. The van der Waals surface area contributed by atoms with E-state index in [1.54, 1.807) is 0 Å². The Labute approximate surface area is 111 Å². The topological polar surface area (TPSA) is 101 Å². The Bertz CT molecular complexity index is 716. The minimum Gasteiger partial charge on any atom is -0.212 e. The molecular formula is C10H12N2O5S2. The molecular weight excluding hydrogens is 292 g/mol. The fourth-order valence-electron chi connectivity index (χ4n) is 1.30. The number of nitrogens with zero attached hydrogens (tertiary/aromatic N) is 2. The summed E-state index contributed by atoms with van der Waals surface area (Å²) in [5.41, 5.74) is 0.0511. The number of carbonyl (C=O) groups excluding carboxylic acids is 1. The van der Waals surface area contributed by atoms with E-state index in [0.29, 0.717) is 0 Å². The zero-order chi connectivity index (χ0) is 14.7. The van der Waals surface area contributed by atoms with Crippen LogP contribution in [-0.2, 0) is 30.6 Å². The Hall–Kier alpha value is -1.54. The van der Waals surface area contributed by atoms with Gasteiger partial charge in [0, 0.05) is 14.1 Å². The van der Waals surface area contributed by atoms with Crippen LogP contribution in [0.1, 0.15) is 5.56 Å². The summed E-state index contributed by atoms with van der Waals surface area (Å²) < 4.78 is 50.6. The molecule has 0 N–H and O–H groups in total. The van der Waals surface area contributed by atoms with Crippen molar-refractivity contribution in [3.8, 4) is 0 Å². The molecule has 0 bridgehead atoms. The second-order valence-electron chi connectivity index (χ2n) is 3.80. The van der Waals surface area contributed by atoms with Crippen LogP contribution in [0.5, 0.6) is 0 Å². The molecule has 9 heteroatoms. The van der Waals surface area contributed by atoms with Gasteiger partial charge in [-0.1, -0.05) is 22.6 Å². The van der Waals surface area contributed by atoms with Crippen molar-refractivity contribution in [3.05, 3.63) is 29.8 Å². The zero-order valence-corrected chi connectivity index (χ0v) is 11.9. The maximum absolute atomic E-state index is 11.8. The van der Waals surface area contributed by atoms with Crippen LogP contribution in [0, 0.1) is 0 Å². The third-order valence-corrected chi connectivity index (χ3v) is 5.36. The van der Waals surface area contributed by atoms with Crippen LogP contribution in [0.4, 0.5) is 0 Å². The largest absolute Gasteiger partial charge is 0.292 e. The number of sulfonamides is 2. The molecule has 0 aliphatic carbocycles. The van der Waals surface area contributed by atoms with Gasteiger partial charge in [0.25, 0.3) is 16.1 Å². The monoisotopic (exact) mass is 304 g/mol. The second kappa shape index (κ2) is 5.62. The Morgan fingerprint density at radius 3 is 2.26 bits per heavy atom. The molecule has 0 spiro atoms. The molecule has 1 aromatic carbocycles. The van der Waals surface area contributed by atoms with Crippen LogP contribution in [0.3, 0.4) is 0 Å². The van der Waals surface area contributed by atoms with Crippen molar-refractivity contribution < 1.29 is 21.6 Å². The summed E-state index contributed by atoms with van der Waals surface area (Å²) in [4.78, 5) is 9.79. The van der Waals surface area contributed by atoms with E-state index in [1.807, 2.05) is 0 Å². The van der Waals surface area contributed by atoms with Gasteiger partial charge in [0.2, 0.25) is 10.0 Å². The first kappa shape index (κ1) is 15.5.